The fourth-order valence-corrected chi connectivity index (χ4v) is 2.13. The van der Waals surface area contributed by atoms with E-state index in [0.29, 0.717) is 23.4 Å². The van der Waals surface area contributed by atoms with Gasteiger partial charge in [0.15, 0.2) is 0 Å². The molecule has 2 aromatic carbocycles. The van der Waals surface area contributed by atoms with Crippen LogP contribution in [0.3, 0.4) is 0 Å². The second-order valence-corrected chi connectivity index (χ2v) is 5.23. The highest BCUT2D eigenvalue weighted by atomic mass is 16.5. The molecule has 2 rings (SSSR count). The number of amides is 2. The van der Waals surface area contributed by atoms with E-state index >= 15 is 0 Å². The summed E-state index contributed by atoms with van der Waals surface area (Å²) in [7, 11) is 1.59. The van der Waals surface area contributed by atoms with E-state index < -0.39 is 0 Å². The number of hydrogen-bond acceptors (Lipinski definition) is 3. The van der Waals surface area contributed by atoms with Gasteiger partial charge in [0.2, 0.25) is 0 Å². The molecule has 5 nitrogen and oxygen atoms in total. The molecule has 0 aliphatic heterocycles. The summed E-state index contributed by atoms with van der Waals surface area (Å²) in [6, 6.07) is 15.7. The van der Waals surface area contributed by atoms with Crippen molar-refractivity contribution in [3.05, 3.63) is 65.7 Å². The third-order valence-electron chi connectivity index (χ3n) is 3.21. The van der Waals surface area contributed by atoms with Crippen molar-refractivity contribution in [1.82, 2.24) is 5.32 Å². The second-order valence-electron chi connectivity index (χ2n) is 5.23. The highest BCUT2D eigenvalue weighted by molar-refractivity contribution is 6.05. The molecule has 2 amide bonds. The van der Waals surface area contributed by atoms with Gasteiger partial charge in [-0.05, 0) is 37.3 Å². The number of nitrogens with one attached hydrogen (secondary N) is 2. The zero-order valence-corrected chi connectivity index (χ0v) is 13.2. The Hall–Kier alpha value is -2.66. The molecule has 0 aliphatic carbocycles. The van der Waals surface area contributed by atoms with E-state index in [1.54, 1.807) is 55.6 Å². The van der Waals surface area contributed by atoms with Crippen LogP contribution in [0, 0.1) is 0 Å². The van der Waals surface area contributed by atoms with E-state index in [2.05, 4.69) is 10.6 Å². The maximum Gasteiger partial charge on any atom is 0.255 e. The minimum absolute atomic E-state index is 0.0879. The highest BCUT2D eigenvalue weighted by Gasteiger charge is 2.11. The maximum atomic E-state index is 12.2. The molecule has 23 heavy (non-hydrogen) atoms. The van der Waals surface area contributed by atoms with Crippen molar-refractivity contribution in [2.24, 2.45) is 0 Å². The summed E-state index contributed by atoms with van der Waals surface area (Å²) in [6.07, 6.45) is 0. The minimum Gasteiger partial charge on any atom is -0.383 e. The molecule has 0 aromatic heterocycles. The van der Waals surface area contributed by atoms with Crippen LogP contribution in [-0.2, 0) is 4.74 Å². The SMILES string of the molecule is COC[C@@H](C)NC(=O)c1cccc(NC(=O)c2ccccc2)c1. The van der Waals surface area contributed by atoms with E-state index in [1.807, 2.05) is 13.0 Å². The molecular formula is C18H20N2O3. The van der Waals surface area contributed by atoms with Crippen LogP contribution in [0.4, 0.5) is 5.69 Å². The molecule has 0 heterocycles. The van der Waals surface area contributed by atoms with E-state index in [1.165, 1.54) is 0 Å². The Morgan fingerprint density at radius 3 is 2.39 bits per heavy atom. The fraction of sp³-hybridized carbons (Fsp3) is 0.222. The average Bonchev–Trinajstić information content (AvgIpc) is 2.56. The average molecular weight is 312 g/mol. The second kappa shape index (κ2) is 8.10. The number of methoxy groups -OCH3 is 1. The summed E-state index contributed by atoms with van der Waals surface area (Å²) in [5.74, 6) is -0.415. The van der Waals surface area contributed by atoms with Crippen molar-refractivity contribution in [2.75, 3.05) is 19.0 Å². The molecule has 0 bridgehead atoms. The van der Waals surface area contributed by atoms with E-state index in [4.69, 9.17) is 4.74 Å². The maximum absolute atomic E-state index is 12.2. The van der Waals surface area contributed by atoms with Crippen LogP contribution in [0.1, 0.15) is 27.6 Å². The Kier molecular flexibility index (Phi) is 5.88. The fourth-order valence-electron chi connectivity index (χ4n) is 2.13. The van der Waals surface area contributed by atoms with E-state index in [9.17, 15) is 9.59 Å². The molecule has 1 atom stereocenters. The Labute approximate surface area is 135 Å². The minimum atomic E-state index is -0.212. The van der Waals surface area contributed by atoms with Crippen molar-refractivity contribution in [3.63, 3.8) is 0 Å². The predicted molar refractivity (Wildman–Crippen MR) is 89.6 cm³/mol. The Morgan fingerprint density at radius 1 is 1.00 bits per heavy atom. The molecule has 5 heteroatoms. The summed E-state index contributed by atoms with van der Waals surface area (Å²) in [6.45, 7) is 2.30. The van der Waals surface area contributed by atoms with Crippen molar-refractivity contribution in [2.45, 2.75) is 13.0 Å². The van der Waals surface area contributed by atoms with Gasteiger partial charge in [-0.2, -0.15) is 0 Å². The molecule has 120 valence electrons. The van der Waals surface area contributed by atoms with Gasteiger partial charge in [0.1, 0.15) is 0 Å². The molecule has 2 N–H and O–H groups in total. The third kappa shape index (κ3) is 4.93. The van der Waals surface area contributed by atoms with Gasteiger partial charge in [-0.15, -0.1) is 0 Å². The standard InChI is InChI=1S/C18H20N2O3/c1-13(12-23-2)19-18(22)15-9-6-10-16(11-15)20-17(21)14-7-4-3-5-8-14/h3-11,13H,12H2,1-2H3,(H,19,22)(H,20,21)/t13-/m1/s1. The molecule has 0 radical (unpaired) electrons. The monoisotopic (exact) mass is 312 g/mol. The number of rotatable bonds is 6. The summed E-state index contributed by atoms with van der Waals surface area (Å²) in [4.78, 5) is 24.3. The first kappa shape index (κ1) is 16.7. The summed E-state index contributed by atoms with van der Waals surface area (Å²) < 4.78 is 4.99. The first-order valence-electron chi connectivity index (χ1n) is 7.36. The lowest BCUT2D eigenvalue weighted by Crippen LogP contribution is -2.35. The van der Waals surface area contributed by atoms with Gasteiger partial charge in [0.25, 0.3) is 11.8 Å². The molecule has 0 unspecified atom stereocenters. The van der Waals surface area contributed by atoms with Crippen LogP contribution in [-0.4, -0.2) is 31.6 Å². The van der Waals surface area contributed by atoms with Crippen molar-refractivity contribution >= 4 is 17.5 Å². The van der Waals surface area contributed by atoms with Gasteiger partial charge in [-0.3, -0.25) is 9.59 Å². The van der Waals surface area contributed by atoms with Crippen LogP contribution < -0.4 is 10.6 Å². The van der Waals surface area contributed by atoms with Crippen LogP contribution in [0.5, 0.6) is 0 Å². The first-order chi connectivity index (χ1) is 11.1. The Morgan fingerprint density at radius 2 is 1.70 bits per heavy atom. The van der Waals surface area contributed by atoms with Gasteiger partial charge < -0.3 is 15.4 Å². The van der Waals surface area contributed by atoms with Crippen molar-refractivity contribution in [1.29, 1.82) is 0 Å². The van der Waals surface area contributed by atoms with Gasteiger partial charge in [-0.1, -0.05) is 24.3 Å². The summed E-state index contributed by atoms with van der Waals surface area (Å²) in [5, 5.41) is 5.62. The lowest BCUT2D eigenvalue weighted by Gasteiger charge is -2.13. The lowest BCUT2D eigenvalue weighted by molar-refractivity contribution is 0.0905. The molecule has 0 aliphatic rings. The predicted octanol–water partition coefficient (Wildman–Crippen LogP) is 2.70. The molecule has 0 saturated carbocycles. The first-order valence-corrected chi connectivity index (χ1v) is 7.36. The van der Waals surface area contributed by atoms with Gasteiger partial charge in [0.05, 0.1) is 6.61 Å². The smallest absolute Gasteiger partial charge is 0.255 e. The number of benzene rings is 2. The topological polar surface area (TPSA) is 67.4 Å². The van der Waals surface area contributed by atoms with E-state index in [-0.39, 0.29) is 17.9 Å². The van der Waals surface area contributed by atoms with Crippen LogP contribution in [0.2, 0.25) is 0 Å². The van der Waals surface area contributed by atoms with Crippen LogP contribution >= 0.6 is 0 Å². The Bertz CT molecular complexity index is 671. The van der Waals surface area contributed by atoms with Gasteiger partial charge in [0, 0.05) is 30.0 Å². The molecule has 0 saturated heterocycles. The zero-order valence-electron chi connectivity index (χ0n) is 13.2. The highest BCUT2D eigenvalue weighted by Crippen LogP contribution is 2.12. The zero-order chi connectivity index (χ0) is 16.7. The lowest BCUT2D eigenvalue weighted by atomic mass is 10.1. The van der Waals surface area contributed by atoms with Crippen LogP contribution in [0.15, 0.2) is 54.6 Å². The largest absolute Gasteiger partial charge is 0.383 e. The molecular weight excluding hydrogens is 292 g/mol. The quantitative estimate of drug-likeness (QED) is 0.862. The molecule has 0 fully saturated rings. The van der Waals surface area contributed by atoms with Crippen LogP contribution in [0.25, 0.3) is 0 Å². The number of ether oxygens (including phenoxy) is 1. The summed E-state index contributed by atoms with van der Waals surface area (Å²) in [5.41, 5.74) is 1.63. The number of carbonyl (C=O) groups excluding carboxylic acids is 2. The van der Waals surface area contributed by atoms with Crippen molar-refractivity contribution < 1.29 is 14.3 Å². The number of carbonyl (C=O) groups is 2. The van der Waals surface area contributed by atoms with Gasteiger partial charge in [-0.25, -0.2) is 0 Å². The van der Waals surface area contributed by atoms with E-state index in [0.717, 1.165) is 0 Å². The number of anilines is 1. The summed E-state index contributed by atoms with van der Waals surface area (Å²) >= 11 is 0. The Balaban J connectivity index is 2.05. The molecule has 2 aromatic rings. The third-order valence-corrected chi connectivity index (χ3v) is 3.21. The number of hydrogen-bond donors (Lipinski definition) is 2. The van der Waals surface area contributed by atoms with Gasteiger partial charge >= 0.3 is 0 Å². The normalized spacial score (nSPS) is 11.6. The van der Waals surface area contributed by atoms with Crippen molar-refractivity contribution in [3.8, 4) is 0 Å². The molecule has 0 spiro atoms.